The molecule has 6 nitrogen and oxygen atoms in total. The maximum atomic E-state index is 13.4. The number of carbonyl (C=O) groups excluding carboxylic acids is 2. The van der Waals surface area contributed by atoms with Crippen molar-refractivity contribution >= 4 is 29.0 Å². The predicted octanol–water partition coefficient (Wildman–Crippen LogP) is 3.28. The lowest BCUT2D eigenvalue weighted by Crippen LogP contribution is -2.50. The molecular formula is C19H20F2N4O2. The van der Waals surface area contributed by atoms with E-state index in [9.17, 15) is 18.4 Å². The molecule has 0 atom stereocenters. The minimum Gasteiger partial charge on any atom is -0.368 e. The van der Waals surface area contributed by atoms with Gasteiger partial charge in [-0.3, -0.25) is 4.79 Å². The number of benzene rings is 2. The first-order valence-electron chi connectivity index (χ1n) is 8.56. The number of amides is 3. The molecule has 3 rings (SSSR count). The van der Waals surface area contributed by atoms with Crippen molar-refractivity contribution in [2.75, 3.05) is 41.7 Å². The van der Waals surface area contributed by atoms with Crippen LogP contribution in [0.4, 0.5) is 30.6 Å². The van der Waals surface area contributed by atoms with Crippen molar-refractivity contribution in [3.63, 3.8) is 0 Å². The number of hydrogen-bond acceptors (Lipinski definition) is 3. The maximum absolute atomic E-state index is 13.4. The summed E-state index contributed by atoms with van der Waals surface area (Å²) in [5.41, 5.74) is 1.77. The molecule has 0 radical (unpaired) electrons. The van der Waals surface area contributed by atoms with Crippen LogP contribution in [0.2, 0.25) is 0 Å². The van der Waals surface area contributed by atoms with Crippen molar-refractivity contribution in [2.24, 2.45) is 0 Å². The molecule has 1 aliphatic rings. The Morgan fingerprint density at radius 3 is 2.19 bits per heavy atom. The molecule has 1 heterocycles. The molecule has 0 aliphatic carbocycles. The molecule has 142 valence electrons. The van der Waals surface area contributed by atoms with Gasteiger partial charge in [-0.25, -0.2) is 13.6 Å². The van der Waals surface area contributed by atoms with E-state index in [4.69, 9.17) is 0 Å². The Morgan fingerprint density at radius 2 is 1.56 bits per heavy atom. The fraction of sp³-hybridized carbons (Fsp3) is 0.263. The van der Waals surface area contributed by atoms with E-state index in [0.29, 0.717) is 43.2 Å². The molecular weight excluding hydrogens is 354 g/mol. The maximum Gasteiger partial charge on any atom is 0.321 e. The van der Waals surface area contributed by atoms with Crippen LogP contribution in [0.15, 0.2) is 42.5 Å². The average molecular weight is 374 g/mol. The molecule has 1 fully saturated rings. The molecule has 0 bridgehead atoms. The van der Waals surface area contributed by atoms with Crippen molar-refractivity contribution in [1.82, 2.24) is 4.90 Å². The van der Waals surface area contributed by atoms with Gasteiger partial charge in [-0.15, -0.1) is 0 Å². The Bertz CT molecular complexity index is 851. The molecule has 0 aromatic heterocycles. The molecule has 3 amide bonds. The fourth-order valence-corrected chi connectivity index (χ4v) is 2.93. The van der Waals surface area contributed by atoms with Crippen molar-refractivity contribution in [2.45, 2.75) is 6.92 Å². The second kappa shape index (κ2) is 8.03. The first-order valence-corrected chi connectivity index (χ1v) is 8.56. The van der Waals surface area contributed by atoms with Crippen molar-refractivity contribution in [1.29, 1.82) is 0 Å². The summed E-state index contributed by atoms with van der Waals surface area (Å²) in [5.74, 6) is -1.95. The topological polar surface area (TPSA) is 64.7 Å². The Labute approximate surface area is 155 Å². The number of halogens is 2. The summed E-state index contributed by atoms with van der Waals surface area (Å²) < 4.78 is 26.5. The Balaban J connectivity index is 1.57. The standard InChI is InChI=1S/C19H20F2N4O2/c1-13(26)22-14-3-2-4-15(11-14)23-19(27)25-9-7-24(8-10-25)16-5-6-17(20)18(21)12-16/h2-6,11-12H,7-10H2,1H3,(H,22,26)(H,23,27). The number of anilines is 3. The van der Waals surface area contributed by atoms with Crippen LogP contribution in [0.25, 0.3) is 0 Å². The first kappa shape index (κ1) is 18.6. The van der Waals surface area contributed by atoms with Gasteiger partial charge in [0.05, 0.1) is 0 Å². The van der Waals surface area contributed by atoms with Gasteiger partial charge in [0.15, 0.2) is 11.6 Å². The highest BCUT2D eigenvalue weighted by molar-refractivity contribution is 5.92. The molecule has 0 saturated carbocycles. The van der Waals surface area contributed by atoms with Gasteiger partial charge >= 0.3 is 6.03 Å². The van der Waals surface area contributed by atoms with Crippen LogP contribution < -0.4 is 15.5 Å². The molecule has 1 saturated heterocycles. The molecule has 1 aliphatic heterocycles. The highest BCUT2D eigenvalue weighted by Crippen LogP contribution is 2.20. The summed E-state index contributed by atoms with van der Waals surface area (Å²) in [4.78, 5) is 27.1. The highest BCUT2D eigenvalue weighted by atomic mass is 19.2. The minimum atomic E-state index is -0.883. The monoisotopic (exact) mass is 374 g/mol. The van der Waals surface area contributed by atoms with Crippen molar-refractivity contribution in [3.05, 3.63) is 54.1 Å². The van der Waals surface area contributed by atoms with Gasteiger partial charge in [0.2, 0.25) is 5.91 Å². The number of hydrogen-bond donors (Lipinski definition) is 2. The van der Waals surface area contributed by atoms with Gasteiger partial charge in [-0.05, 0) is 30.3 Å². The smallest absolute Gasteiger partial charge is 0.321 e. The van der Waals surface area contributed by atoms with Gasteiger partial charge in [0.1, 0.15) is 0 Å². The SMILES string of the molecule is CC(=O)Nc1cccc(NC(=O)N2CCN(c3ccc(F)c(F)c3)CC2)c1. The Hall–Kier alpha value is -3.16. The second-order valence-electron chi connectivity index (χ2n) is 6.26. The zero-order valence-electron chi connectivity index (χ0n) is 14.8. The van der Waals surface area contributed by atoms with Gasteiger partial charge in [0, 0.05) is 56.2 Å². The van der Waals surface area contributed by atoms with E-state index in [2.05, 4.69) is 10.6 Å². The normalized spacial score (nSPS) is 14.0. The summed E-state index contributed by atoms with van der Waals surface area (Å²) in [6.07, 6.45) is 0. The molecule has 0 spiro atoms. The van der Waals surface area contributed by atoms with Crippen LogP contribution in [0.3, 0.4) is 0 Å². The van der Waals surface area contributed by atoms with E-state index in [1.165, 1.54) is 19.1 Å². The van der Waals surface area contributed by atoms with E-state index >= 15 is 0 Å². The third kappa shape index (κ3) is 4.72. The summed E-state index contributed by atoms with van der Waals surface area (Å²) in [7, 11) is 0. The van der Waals surface area contributed by atoms with Crippen LogP contribution in [0.1, 0.15) is 6.92 Å². The second-order valence-corrected chi connectivity index (χ2v) is 6.26. The number of carbonyl (C=O) groups is 2. The fourth-order valence-electron chi connectivity index (χ4n) is 2.93. The number of nitrogens with zero attached hydrogens (tertiary/aromatic N) is 2. The van der Waals surface area contributed by atoms with E-state index in [0.717, 1.165) is 6.07 Å². The molecule has 2 N–H and O–H groups in total. The molecule has 27 heavy (non-hydrogen) atoms. The zero-order chi connectivity index (χ0) is 19.4. The largest absolute Gasteiger partial charge is 0.368 e. The number of piperazine rings is 1. The van der Waals surface area contributed by atoms with Crippen LogP contribution in [-0.2, 0) is 4.79 Å². The Kier molecular flexibility index (Phi) is 5.54. The van der Waals surface area contributed by atoms with Gasteiger partial charge < -0.3 is 20.4 Å². The summed E-state index contributed by atoms with van der Waals surface area (Å²) in [6.45, 7) is 3.36. The third-order valence-electron chi connectivity index (χ3n) is 4.27. The van der Waals surface area contributed by atoms with E-state index in [-0.39, 0.29) is 11.9 Å². The molecule has 2 aromatic rings. The van der Waals surface area contributed by atoms with Gasteiger partial charge in [-0.2, -0.15) is 0 Å². The summed E-state index contributed by atoms with van der Waals surface area (Å²) in [6, 6.07) is 10.4. The van der Waals surface area contributed by atoms with Crippen LogP contribution in [0.5, 0.6) is 0 Å². The van der Waals surface area contributed by atoms with E-state index < -0.39 is 11.6 Å². The number of urea groups is 1. The number of rotatable bonds is 3. The molecule has 0 unspecified atom stereocenters. The highest BCUT2D eigenvalue weighted by Gasteiger charge is 2.22. The lowest BCUT2D eigenvalue weighted by Gasteiger charge is -2.36. The van der Waals surface area contributed by atoms with Crippen LogP contribution in [0, 0.1) is 11.6 Å². The predicted molar refractivity (Wildman–Crippen MR) is 99.9 cm³/mol. The first-order chi connectivity index (χ1) is 12.9. The van der Waals surface area contributed by atoms with Crippen molar-refractivity contribution < 1.29 is 18.4 Å². The lowest BCUT2D eigenvalue weighted by molar-refractivity contribution is -0.114. The third-order valence-corrected chi connectivity index (χ3v) is 4.27. The van der Waals surface area contributed by atoms with E-state index in [1.807, 2.05) is 4.90 Å². The minimum absolute atomic E-state index is 0.188. The van der Waals surface area contributed by atoms with E-state index in [1.54, 1.807) is 29.2 Å². The lowest BCUT2D eigenvalue weighted by atomic mass is 10.2. The van der Waals surface area contributed by atoms with Gasteiger partial charge in [0.25, 0.3) is 0 Å². The molecule has 2 aromatic carbocycles. The van der Waals surface area contributed by atoms with Crippen LogP contribution in [-0.4, -0.2) is 43.0 Å². The quantitative estimate of drug-likeness (QED) is 0.867. The zero-order valence-corrected chi connectivity index (χ0v) is 14.8. The van der Waals surface area contributed by atoms with Crippen molar-refractivity contribution in [3.8, 4) is 0 Å². The average Bonchev–Trinajstić information content (AvgIpc) is 2.64. The van der Waals surface area contributed by atoms with Crippen LogP contribution >= 0.6 is 0 Å². The van der Waals surface area contributed by atoms with Gasteiger partial charge in [-0.1, -0.05) is 6.07 Å². The summed E-state index contributed by atoms with van der Waals surface area (Å²) in [5, 5.41) is 5.47. The summed E-state index contributed by atoms with van der Waals surface area (Å²) >= 11 is 0. The molecule has 8 heteroatoms. The Morgan fingerprint density at radius 1 is 0.889 bits per heavy atom. The number of nitrogens with one attached hydrogen (secondary N) is 2.